The second kappa shape index (κ2) is 6.14. The number of hydrogen-bond donors (Lipinski definition) is 1. The molecule has 2 aromatic carbocycles. The molecule has 0 spiro atoms. The molecule has 5 heteroatoms. The third kappa shape index (κ3) is 3.32. The first kappa shape index (κ1) is 14.0. The van der Waals surface area contributed by atoms with Crippen LogP contribution in [0.5, 0.6) is 0 Å². The summed E-state index contributed by atoms with van der Waals surface area (Å²) in [5.74, 6) is -0.630. The summed E-state index contributed by atoms with van der Waals surface area (Å²) < 4.78 is 13.4. The van der Waals surface area contributed by atoms with Gasteiger partial charge in [0.2, 0.25) is 0 Å². The molecule has 2 rings (SSSR count). The highest BCUT2D eigenvalue weighted by Crippen LogP contribution is 2.26. The van der Waals surface area contributed by atoms with Crippen LogP contribution in [0.25, 0.3) is 0 Å². The van der Waals surface area contributed by atoms with Gasteiger partial charge in [-0.3, -0.25) is 10.1 Å². The predicted molar refractivity (Wildman–Crippen MR) is 76.8 cm³/mol. The Bertz CT molecular complexity index is 629. The lowest BCUT2D eigenvalue weighted by molar-refractivity contribution is -0.385. The van der Waals surface area contributed by atoms with Crippen LogP contribution in [0.1, 0.15) is 18.9 Å². The maximum absolute atomic E-state index is 13.4. The van der Waals surface area contributed by atoms with E-state index in [0.717, 1.165) is 30.2 Å². The van der Waals surface area contributed by atoms with Crippen molar-refractivity contribution in [3.63, 3.8) is 0 Å². The fraction of sp³-hybridized carbons (Fsp3) is 0.200. The van der Waals surface area contributed by atoms with Gasteiger partial charge < -0.3 is 5.32 Å². The normalized spacial score (nSPS) is 10.3. The number of anilines is 2. The van der Waals surface area contributed by atoms with E-state index in [0.29, 0.717) is 5.69 Å². The minimum Gasteiger partial charge on any atom is -0.355 e. The summed E-state index contributed by atoms with van der Waals surface area (Å²) in [5, 5.41) is 13.8. The number of nitrogens with zero attached hydrogens (tertiary/aromatic N) is 1. The number of non-ortho nitro benzene ring substituents is 1. The number of hydrogen-bond acceptors (Lipinski definition) is 3. The van der Waals surface area contributed by atoms with Gasteiger partial charge in [-0.1, -0.05) is 31.5 Å². The topological polar surface area (TPSA) is 55.2 Å². The molecular formula is C15H15FN2O2. The lowest BCUT2D eigenvalue weighted by Gasteiger charge is -2.11. The van der Waals surface area contributed by atoms with E-state index in [9.17, 15) is 14.5 Å². The van der Waals surface area contributed by atoms with Crippen molar-refractivity contribution in [1.29, 1.82) is 0 Å². The number of para-hydroxylation sites is 1. The Kier molecular flexibility index (Phi) is 4.30. The number of halogens is 1. The Hall–Kier alpha value is -2.43. The van der Waals surface area contributed by atoms with Crippen LogP contribution < -0.4 is 5.32 Å². The molecule has 0 aliphatic rings. The molecule has 1 N–H and O–H groups in total. The Balaban J connectivity index is 2.32. The molecule has 0 saturated heterocycles. The van der Waals surface area contributed by atoms with Crippen molar-refractivity contribution in [2.45, 2.75) is 19.8 Å². The van der Waals surface area contributed by atoms with E-state index in [1.807, 2.05) is 24.3 Å². The molecule has 0 atom stereocenters. The van der Waals surface area contributed by atoms with Gasteiger partial charge in [0, 0.05) is 17.4 Å². The van der Waals surface area contributed by atoms with E-state index in [-0.39, 0.29) is 5.69 Å². The quantitative estimate of drug-likeness (QED) is 0.648. The minimum atomic E-state index is -0.630. The Labute approximate surface area is 116 Å². The van der Waals surface area contributed by atoms with Gasteiger partial charge in [0.1, 0.15) is 5.82 Å². The van der Waals surface area contributed by atoms with E-state index in [1.165, 1.54) is 12.1 Å². The number of benzene rings is 2. The number of rotatable bonds is 5. The summed E-state index contributed by atoms with van der Waals surface area (Å²) in [6.07, 6.45) is 1.88. The van der Waals surface area contributed by atoms with E-state index in [2.05, 4.69) is 12.2 Å². The fourth-order valence-corrected chi connectivity index (χ4v) is 2.04. The third-order valence-electron chi connectivity index (χ3n) is 2.91. The average Bonchev–Trinajstić information content (AvgIpc) is 2.40. The number of aryl methyl sites for hydroxylation is 1. The van der Waals surface area contributed by atoms with E-state index >= 15 is 0 Å². The molecular weight excluding hydrogens is 259 g/mol. The molecule has 0 radical (unpaired) electrons. The van der Waals surface area contributed by atoms with E-state index in [4.69, 9.17) is 0 Å². The van der Waals surface area contributed by atoms with Gasteiger partial charge in [-0.15, -0.1) is 0 Å². The van der Waals surface area contributed by atoms with Gasteiger partial charge in [0.05, 0.1) is 11.0 Å². The second-order valence-electron chi connectivity index (χ2n) is 4.49. The zero-order chi connectivity index (χ0) is 14.5. The van der Waals surface area contributed by atoms with Crippen molar-refractivity contribution in [2.75, 3.05) is 5.32 Å². The molecule has 0 aromatic heterocycles. The van der Waals surface area contributed by atoms with Crippen LogP contribution in [0.15, 0.2) is 42.5 Å². The zero-order valence-corrected chi connectivity index (χ0v) is 11.1. The van der Waals surface area contributed by atoms with Crippen molar-refractivity contribution in [3.05, 3.63) is 64.0 Å². The highest BCUT2D eigenvalue weighted by atomic mass is 19.1. The number of nitrogens with one attached hydrogen (secondary N) is 1. The van der Waals surface area contributed by atoms with Crippen LogP contribution in [0.4, 0.5) is 21.5 Å². The fourth-order valence-electron chi connectivity index (χ4n) is 2.04. The van der Waals surface area contributed by atoms with Crippen molar-refractivity contribution < 1.29 is 9.31 Å². The van der Waals surface area contributed by atoms with Gasteiger partial charge in [-0.2, -0.15) is 0 Å². The Morgan fingerprint density at radius 3 is 2.70 bits per heavy atom. The number of nitro groups is 1. The SMILES string of the molecule is CCCc1ccccc1Nc1cc(F)cc([N+](=O)[O-])c1. The van der Waals surface area contributed by atoms with E-state index in [1.54, 1.807) is 0 Å². The molecule has 0 fully saturated rings. The first-order valence-corrected chi connectivity index (χ1v) is 6.40. The van der Waals surface area contributed by atoms with Crippen molar-refractivity contribution in [1.82, 2.24) is 0 Å². The summed E-state index contributed by atoms with van der Waals surface area (Å²) >= 11 is 0. The molecule has 0 bridgehead atoms. The molecule has 2 aromatic rings. The summed E-state index contributed by atoms with van der Waals surface area (Å²) in [6.45, 7) is 2.07. The molecule has 104 valence electrons. The highest BCUT2D eigenvalue weighted by Gasteiger charge is 2.10. The van der Waals surface area contributed by atoms with E-state index < -0.39 is 10.7 Å². The molecule has 0 saturated carbocycles. The van der Waals surface area contributed by atoms with Crippen LogP contribution in [0.3, 0.4) is 0 Å². The minimum absolute atomic E-state index is 0.263. The predicted octanol–water partition coefficient (Wildman–Crippen LogP) is 4.43. The second-order valence-corrected chi connectivity index (χ2v) is 4.49. The van der Waals surface area contributed by atoms with Crippen LogP contribution in [0, 0.1) is 15.9 Å². The number of nitro benzene ring substituents is 1. The summed E-state index contributed by atoms with van der Waals surface area (Å²) in [4.78, 5) is 10.1. The van der Waals surface area contributed by atoms with Gasteiger partial charge in [-0.25, -0.2) is 4.39 Å². The van der Waals surface area contributed by atoms with Crippen molar-refractivity contribution in [2.24, 2.45) is 0 Å². The molecule has 0 aliphatic heterocycles. The van der Waals surface area contributed by atoms with Gasteiger partial charge in [0.15, 0.2) is 0 Å². The van der Waals surface area contributed by atoms with Gasteiger partial charge in [-0.05, 0) is 24.1 Å². The summed E-state index contributed by atoms with van der Waals surface area (Å²) in [6, 6.07) is 11.1. The molecule has 4 nitrogen and oxygen atoms in total. The summed E-state index contributed by atoms with van der Waals surface area (Å²) in [7, 11) is 0. The smallest absolute Gasteiger partial charge is 0.274 e. The zero-order valence-electron chi connectivity index (χ0n) is 11.1. The third-order valence-corrected chi connectivity index (χ3v) is 2.91. The van der Waals surface area contributed by atoms with Crippen molar-refractivity contribution >= 4 is 17.1 Å². The van der Waals surface area contributed by atoms with Crippen LogP contribution >= 0.6 is 0 Å². The largest absolute Gasteiger partial charge is 0.355 e. The maximum atomic E-state index is 13.4. The molecule has 20 heavy (non-hydrogen) atoms. The van der Waals surface area contributed by atoms with Gasteiger partial charge >= 0.3 is 0 Å². The molecule has 0 heterocycles. The lowest BCUT2D eigenvalue weighted by Crippen LogP contribution is -1.98. The highest BCUT2D eigenvalue weighted by molar-refractivity contribution is 5.65. The Morgan fingerprint density at radius 2 is 2.00 bits per heavy atom. The monoisotopic (exact) mass is 274 g/mol. The molecule has 0 unspecified atom stereocenters. The van der Waals surface area contributed by atoms with Gasteiger partial charge in [0.25, 0.3) is 5.69 Å². The standard InChI is InChI=1S/C15H15FN2O2/c1-2-5-11-6-3-4-7-15(11)17-13-8-12(16)9-14(10-13)18(19)20/h3-4,6-10,17H,2,5H2,1H3. The van der Waals surface area contributed by atoms with Crippen LogP contribution in [-0.2, 0) is 6.42 Å². The Morgan fingerprint density at radius 1 is 1.25 bits per heavy atom. The molecule has 0 aliphatic carbocycles. The average molecular weight is 274 g/mol. The summed E-state index contributed by atoms with van der Waals surface area (Å²) in [5.41, 5.74) is 2.05. The first-order chi connectivity index (χ1) is 9.60. The first-order valence-electron chi connectivity index (χ1n) is 6.40. The maximum Gasteiger partial charge on any atom is 0.274 e. The van der Waals surface area contributed by atoms with Crippen LogP contribution in [0.2, 0.25) is 0 Å². The van der Waals surface area contributed by atoms with Crippen molar-refractivity contribution in [3.8, 4) is 0 Å². The molecule has 0 amide bonds. The van der Waals surface area contributed by atoms with Crippen LogP contribution in [-0.4, -0.2) is 4.92 Å². The lowest BCUT2D eigenvalue weighted by atomic mass is 10.1.